The molecule has 0 unspecified atom stereocenters. The van der Waals surface area contributed by atoms with Gasteiger partial charge in [0.2, 0.25) is 0 Å². The Bertz CT molecular complexity index is 959. The van der Waals surface area contributed by atoms with Crippen LogP contribution in [0.15, 0.2) is 41.4 Å². The SMILES string of the molecule is CN=C(NCc1ccc(OC)c(C)c1)NCc1cc(F)ccc1CS(C)(=O)=O. The van der Waals surface area contributed by atoms with E-state index in [1.165, 1.54) is 18.2 Å². The summed E-state index contributed by atoms with van der Waals surface area (Å²) >= 11 is 0. The number of guanidine groups is 1. The van der Waals surface area contributed by atoms with E-state index < -0.39 is 15.7 Å². The number of methoxy groups -OCH3 is 1. The summed E-state index contributed by atoms with van der Waals surface area (Å²) in [6, 6.07) is 10.0. The van der Waals surface area contributed by atoms with Crippen molar-refractivity contribution in [2.24, 2.45) is 4.99 Å². The Hall–Kier alpha value is -2.61. The Morgan fingerprint density at radius 2 is 1.82 bits per heavy atom. The lowest BCUT2D eigenvalue weighted by molar-refractivity contribution is 0.411. The number of nitrogens with one attached hydrogen (secondary N) is 2. The van der Waals surface area contributed by atoms with Gasteiger partial charge in [0.1, 0.15) is 11.6 Å². The van der Waals surface area contributed by atoms with Crippen molar-refractivity contribution in [2.75, 3.05) is 20.4 Å². The number of benzene rings is 2. The highest BCUT2D eigenvalue weighted by atomic mass is 32.2. The van der Waals surface area contributed by atoms with Crippen LogP contribution in [0.25, 0.3) is 0 Å². The lowest BCUT2D eigenvalue weighted by atomic mass is 10.1. The molecule has 0 spiro atoms. The van der Waals surface area contributed by atoms with Gasteiger partial charge in [-0.3, -0.25) is 4.99 Å². The lowest BCUT2D eigenvalue weighted by Gasteiger charge is -2.15. The zero-order valence-electron chi connectivity index (χ0n) is 16.5. The van der Waals surface area contributed by atoms with Crippen molar-refractivity contribution in [1.82, 2.24) is 10.6 Å². The van der Waals surface area contributed by atoms with Gasteiger partial charge in [0.15, 0.2) is 15.8 Å². The molecule has 2 N–H and O–H groups in total. The second-order valence-electron chi connectivity index (χ2n) is 6.57. The average molecular weight is 408 g/mol. The van der Waals surface area contributed by atoms with Crippen molar-refractivity contribution in [3.63, 3.8) is 0 Å². The highest BCUT2D eigenvalue weighted by Crippen LogP contribution is 2.18. The van der Waals surface area contributed by atoms with Gasteiger partial charge in [0, 0.05) is 26.4 Å². The third kappa shape index (κ3) is 6.53. The summed E-state index contributed by atoms with van der Waals surface area (Å²) in [6.07, 6.45) is 1.16. The van der Waals surface area contributed by atoms with Crippen LogP contribution >= 0.6 is 0 Å². The minimum atomic E-state index is -3.22. The standard InChI is InChI=1S/C20H26FN3O3S/c1-14-9-15(5-8-19(14)27-3)11-23-20(22-2)24-12-17-10-18(21)7-6-16(17)13-28(4,25)26/h5-10H,11-13H2,1-4H3,(H2,22,23,24). The van der Waals surface area contributed by atoms with Crippen molar-refractivity contribution < 1.29 is 17.5 Å². The summed E-state index contributed by atoms with van der Waals surface area (Å²) in [4.78, 5) is 4.16. The molecule has 0 fully saturated rings. The first-order valence-electron chi connectivity index (χ1n) is 8.75. The van der Waals surface area contributed by atoms with Crippen LogP contribution in [0.1, 0.15) is 22.3 Å². The second kappa shape index (κ2) is 9.54. The predicted octanol–water partition coefficient (Wildman–Crippen LogP) is 2.55. The smallest absolute Gasteiger partial charge is 0.191 e. The number of aliphatic imine (C=N–C) groups is 1. The molecule has 2 aromatic carbocycles. The minimum Gasteiger partial charge on any atom is -0.496 e. The predicted molar refractivity (Wildman–Crippen MR) is 110 cm³/mol. The Labute approximate surface area is 165 Å². The Balaban J connectivity index is 2.02. The fourth-order valence-corrected chi connectivity index (χ4v) is 3.66. The molecule has 0 bridgehead atoms. The maximum Gasteiger partial charge on any atom is 0.191 e. The lowest BCUT2D eigenvalue weighted by Crippen LogP contribution is -2.36. The number of sulfone groups is 1. The molecule has 0 heterocycles. The molecule has 0 atom stereocenters. The van der Waals surface area contributed by atoms with Crippen molar-refractivity contribution in [1.29, 1.82) is 0 Å². The molecule has 152 valence electrons. The molecule has 2 aromatic rings. The van der Waals surface area contributed by atoms with Crippen LogP contribution in [0.4, 0.5) is 4.39 Å². The molecular formula is C20H26FN3O3S. The maximum absolute atomic E-state index is 13.6. The van der Waals surface area contributed by atoms with Gasteiger partial charge in [-0.05, 0) is 47.4 Å². The van der Waals surface area contributed by atoms with Crippen molar-refractivity contribution in [3.8, 4) is 5.75 Å². The Morgan fingerprint density at radius 3 is 2.43 bits per heavy atom. The third-order valence-electron chi connectivity index (χ3n) is 4.18. The van der Waals surface area contributed by atoms with Crippen LogP contribution in [0, 0.1) is 12.7 Å². The van der Waals surface area contributed by atoms with Crippen LogP contribution < -0.4 is 15.4 Å². The van der Waals surface area contributed by atoms with Crippen LogP contribution in [0.2, 0.25) is 0 Å². The summed E-state index contributed by atoms with van der Waals surface area (Å²) in [7, 11) is 0.0528. The molecule has 0 amide bonds. The van der Waals surface area contributed by atoms with E-state index in [9.17, 15) is 12.8 Å². The first kappa shape index (κ1) is 21.7. The average Bonchev–Trinajstić information content (AvgIpc) is 2.63. The zero-order valence-corrected chi connectivity index (χ0v) is 17.4. The van der Waals surface area contributed by atoms with Crippen LogP contribution in [0.3, 0.4) is 0 Å². The van der Waals surface area contributed by atoms with Gasteiger partial charge in [0.05, 0.1) is 12.9 Å². The molecule has 0 radical (unpaired) electrons. The molecule has 8 heteroatoms. The van der Waals surface area contributed by atoms with Gasteiger partial charge in [-0.1, -0.05) is 18.2 Å². The quantitative estimate of drug-likeness (QED) is 0.545. The number of halogens is 1. The summed E-state index contributed by atoms with van der Waals surface area (Å²) in [5.74, 6) is 0.811. The van der Waals surface area contributed by atoms with Gasteiger partial charge >= 0.3 is 0 Å². The van der Waals surface area contributed by atoms with Crippen LogP contribution in [-0.2, 0) is 28.7 Å². The Kier molecular flexibility index (Phi) is 7.39. The number of aryl methyl sites for hydroxylation is 1. The van der Waals surface area contributed by atoms with E-state index in [0.29, 0.717) is 23.6 Å². The summed E-state index contributed by atoms with van der Waals surface area (Å²) in [5.41, 5.74) is 3.24. The van der Waals surface area contributed by atoms with E-state index in [-0.39, 0.29) is 12.3 Å². The van der Waals surface area contributed by atoms with Gasteiger partial charge < -0.3 is 15.4 Å². The molecule has 6 nitrogen and oxygen atoms in total. The fourth-order valence-electron chi connectivity index (χ4n) is 2.82. The molecular weight excluding hydrogens is 381 g/mol. The van der Waals surface area contributed by atoms with Crippen molar-refractivity contribution in [3.05, 3.63) is 64.5 Å². The number of nitrogens with zero attached hydrogens (tertiary/aromatic N) is 1. The normalized spacial score (nSPS) is 12.0. The summed E-state index contributed by atoms with van der Waals surface area (Å²) in [5, 5.41) is 6.29. The van der Waals surface area contributed by atoms with Crippen molar-refractivity contribution >= 4 is 15.8 Å². The molecule has 0 saturated heterocycles. The number of ether oxygens (including phenoxy) is 1. The summed E-state index contributed by atoms with van der Waals surface area (Å²) in [6.45, 7) is 2.77. The molecule has 0 aliphatic heterocycles. The number of hydrogen-bond donors (Lipinski definition) is 2. The highest BCUT2D eigenvalue weighted by molar-refractivity contribution is 7.89. The first-order valence-corrected chi connectivity index (χ1v) is 10.8. The van der Waals surface area contributed by atoms with Gasteiger partial charge in [-0.25, -0.2) is 12.8 Å². The highest BCUT2D eigenvalue weighted by Gasteiger charge is 2.11. The van der Waals surface area contributed by atoms with Gasteiger partial charge in [0.25, 0.3) is 0 Å². The van der Waals surface area contributed by atoms with E-state index in [2.05, 4.69) is 15.6 Å². The van der Waals surface area contributed by atoms with Gasteiger partial charge in [-0.15, -0.1) is 0 Å². The molecule has 0 aliphatic rings. The third-order valence-corrected chi connectivity index (χ3v) is 5.01. The molecule has 0 saturated carbocycles. The number of rotatable bonds is 7. The van der Waals surface area contributed by atoms with E-state index in [1.807, 2.05) is 25.1 Å². The largest absolute Gasteiger partial charge is 0.496 e. The van der Waals surface area contributed by atoms with Gasteiger partial charge in [-0.2, -0.15) is 0 Å². The molecule has 0 aliphatic carbocycles. The Morgan fingerprint density at radius 1 is 1.11 bits per heavy atom. The summed E-state index contributed by atoms with van der Waals surface area (Å²) < 4.78 is 42.1. The molecule has 28 heavy (non-hydrogen) atoms. The molecule has 0 aromatic heterocycles. The monoisotopic (exact) mass is 407 g/mol. The van der Waals surface area contributed by atoms with Crippen LogP contribution in [0.5, 0.6) is 5.75 Å². The first-order chi connectivity index (χ1) is 13.2. The van der Waals surface area contributed by atoms with E-state index >= 15 is 0 Å². The maximum atomic E-state index is 13.6. The van der Waals surface area contributed by atoms with E-state index in [0.717, 1.165) is 23.1 Å². The van der Waals surface area contributed by atoms with E-state index in [1.54, 1.807) is 14.2 Å². The minimum absolute atomic E-state index is 0.137. The fraction of sp³-hybridized carbons (Fsp3) is 0.350. The number of hydrogen-bond acceptors (Lipinski definition) is 4. The van der Waals surface area contributed by atoms with E-state index in [4.69, 9.17) is 4.74 Å². The van der Waals surface area contributed by atoms with Crippen LogP contribution in [-0.4, -0.2) is 34.8 Å². The molecule has 2 rings (SSSR count). The van der Waals surface area contributed by atoms with Crippen molar-refractivity contribution in [2.45, 2.75) is 25.8 Å². The zero-order chi connectivity index (χ0) is 20.7. The second-order valence-corrected chi connectivity index (χ2v) is 8.71. The topological polar surface area (TPSA) is 79.8 Å².